The highest BCUT2D eigenvalue weighted by atomic mass is 35.5. The molecule has 17 heavy (non-hydrogen) atoms. The fraction of sp³-hybridized carbons (Fsp3) is 0.300. The summed E-state index contributed by atoms with van der Waals surface area (Å²) in [5.41, 5.74) is 5.05. The van der Waals surface area contributed by atoms with E-state index in [0.717, 1.165) is 0 Å². The zero-order valence-corrected chi connectivity index (χ0v) is 9.22. The normalized spacial score (nSPS) is 14.4. The summed E-state index contributed by atoms with van der Waals surface area (Å²) >= 11 is 5.71. The van der Waals surface area contributed by atoms with Crippen molar-refractivity contribution in [2.24, 2.45) is 5.73 Å². The van der Waals surface area contributed by atoms with Gasteiger partial charge in [-0.25, -0.2) is 13.2 Å². The van der Waals surface area contributed by atoms with E-state index in [2.05, 4.69) is 0 Å². The molecule has 2 atom stereocenters. The molecule has 1 unspecified atom stereocenters. The highest BCUT2D eigenvalue weighted by Crippen LogP contribution is 2.28. The Labute approximate surface area is 100.0 Å². The van der Waals surface area contributed by atoms with Crippen molar-refractivity contribution in [3.63, 3.8) is 0 Å². The number of aliphatic carboxylic acids is 1. The van der Waals surface area contributed by atoms with Crippen LogP contribution in [-0.2, 0) is 4.79 Å². The first-order valence-corrected chi connectivity index (χ1v) is 5.02. The number of nitrogens with two attached hydrogens (primary N) is 1. The van der Waals surface area contributed by atoms with Gasteiger partial charge in [0.15, 0.2) is 11.6 Å². The summed E-state index contributed by atoms with van der Waals surface area (Å²) < 4.78 is 38.8. The van der Waals surface area contributed by atoms with E-state index in [-0.39, 0.29) is 5.56 Å². The smallest absolute Gasteiger partial charge is 0.304 e. The Morgan fingerprint density at radius 2 is 1.82 bits per heavy atom. The minimum atomic E-state index is -1.35. The largest absolute Gasteiger partial charge is 0.481 e. The van der Waals surface area contributed by atoms with Crippen LogP contribution in [0.5, 0.6) is 0 Å². The van der Waals surface area contributed by atoms with Gasteiger partial charge in [-0.15, -0.1) is 11.6 Å². The molecule has 0 aromatic heterocycles. The quantitative estimate of drug-likeness (QED) is 0.649. The van der Waals surface area contributed by atoms with E-state index >= 15 is 0 Å². The van der Waals surface area contributed by atoms with Crippen LogP contribution in [0.3, 0.4) is 0 Å². The van der Waals surface area contributed by atoms with Gasteiger partial charge in [-0.05, 0) is 6.07 Å². The third-order valence-electron chi connectivity index (χ3n) is 2.12. The van der Waals surface area contributed by atoms with Crippen LogP contribution in [0.15, 0.2) is 12.1 Å². The topological polar surface area (TPSA) is 63.3 Å². The molecule has 0 spiro atoms. The summed E-state index contributed by atoms with van der Waals surface area (Å²) in [7, 11) is 0. The Kier molecular flexibility index (Phi) is 4.36. The number of halogens is 4. The number of rotatable bonds is 4. The molecule has 1 rings (SSSR count). The number of carboxylic acids is 1. The van der Waals surface area contributed by atoms with Gasteiger partial charge >= 0.3 is 5.97 Å². The second-order valence-corrected chi connectivity index (χ2v) is 3.92. The van der Waals surface area contributed by atoms with Crippen LogP contribution in [0.4, 0.5) is 13.2 Å². The van der Waals surface area contributed by atoms with Crippen molar-refractivity contribution in [1.82, 2.24) is 0 Å². The Morgan fingerprint density at radius 3 is 2.35 bits per heavy atom. The second kappa shape index (κ2) is 5.37. The van der Waals surface area contributed by atoms with Crippen LogP contribution in [0.2, 0.25) is 0 Å². The lowest BCUT2D eigenvalue weighted by Crippen LogP contribution is -2.29. The summed E-state index contributed by atoms with van der Waals surface area (Å²) in [5.74, 6) is -4.90. The standard InChI is InChI=1S/C10H9ClF3NO2/c11-10(8(15)3-9(16)17)4-1-6(13)7(14)2-5(4)12/h1-2,8,10H,3,15H2,(H,16,17)/t8-,10?/m1/s1. The number of hydrogen-bond acceptors (Lipinski definition) is 2. The lowest BCUT2D eigenvalue weighted by Gasteiger charge is -2.17. The molecule has 0 amide bonds. The maximum Gasteiger partial charge on any atom is 0.304 e. The average Bonchev–Trinajstić information content (AvgIpc) is 2.21. The summed E-state index contributed by atoms with van der Waals surface area (Å²) in [6, 6.07) is -0.189. The van der Waals surface area contributed by atoms with Crippen LogP contribution in [0.1, 0.15) is 17.4 Å². The summed E-state index contributed by atoms with van der Waals surface area (Å²) in [6.07, 6.45) is -0.507. The van der Waals surface area contributed by atoms with Crippen molar-refractivity contribution < 1.29 is 23.1 Å². The van der Waals surface area contributed by atoms with Gasteiger partial charge in [-0.3, -0.25) is 4.79 Å². The van der Waals surface area contributed by atoms with E-state index < -0.39 is 41.3 Å². The van der Waals surface area contributed by atoms with Crippen molar-refractivity contribution in [2.45, 2.75) is 17.8 Å². The van der Waals surface area contributed by atoms with Gasteiger partial charge in [0.05, 0.1) is 11.8 Å². The number of carboxylic acid groups (broad SMARTS) is 1. The third-order valence-corrected chi connectivity index (χ3v) is 2.68. The van der Waals surface area contributed by atoms with Crippen LogP contribution in [0, 0.1) is 17.5 Å². The SMILES string of the molecule is N[C@H](CC(=O)O)C(Cl)c1cc(F)c(F)cc1F. The maximum absolute atomic E-state index is 13.3. The molecule has 0 saturated heterocycles. The van der Waals surface area contributed by atoms with Gasteiger partial charge in [0.2, 0.25) is 0 Å². The molecule has 0 aliphatic rings. The Hall–Kier alpha value is -1.27. The zero-order chi connectivity index (χ0) is 13.2. The second-order valence-electron chi connectivity index (χ2n) is 3.45. The fourth-order valence-corrected chi connectivity index (χ4v) is 1.54. The fourth-order valence-electron chi connectivity index (χ4n) is 1.29. The predicted octanol–water partition coefficient (Wildman–Crippen LogP) is 2.19. The maximum atomic E-state index is 13.3. The van der Waals surface area contributed by atoms with Gasteiger partial charge in [0.25, 0.3) is 0 Å². The average molecular weight is 268 g/mol. The number of hydrogen-bond donors (Lipinski definition) is 2. The molecule has 3 N–H and O–H groups in total. The van der Waals surface area contributed by atoms with E-state index in [4.69, 9.17) is 22.4 Å². The lowest BCUT2D eigenvalue weighted by atomic mass is 10.0. The number of carbonyl (C=O) groups is 1. The molecule has 94 valence electrons. The summed E-state index contributed by atoms with van der Waals surface area (Å²) in [5, 5.41) is 7.23. The zero-order valence-electron chi connectivity index (χ0n) is 8.46. The first kappa shape index (κ1) is 13.8. The molecule has 0 heterocycles. The predicted molar refractivity (Wildman–Crippen MR) is 55.1 cm³/mol. The molecule has 0 aliphatic carbocycles. The van der Waals surface area contributed by atoms with Gasteiger partial charge in [0, 0.05) is 17.7 Å². The highest BCUT2D eigenvalue weighted by Gasteiger charge is 2.24. The Morgan fingerprint density at radius 1 is 1.29 bits per heavy atom. The van der Waals surface area contributed by atoms with Gasteiger partial charge in [-0.1, -0.05) is 0 Å². The Bertz CT molecular complexity index is 442. The molecule has 0 aliphatic heterocycles. The van der Waals surface area contributed by atoms with Crippen molar-refractivity contribution >= 4 is 17.6 Å². The number of alkyl halides is 1. The minimum absolute atomic E-state index is 0.341. The van der Waals surface area contributed by atoms with E-state index in [1.165, 1.54) is 0 Å². The molecule has 7 heteroatoms. The molecule has 0 saturated carbocycles. The molecule has 0 bridgehead atoms. The van der Waals surface area contributed by atoms with E-state index in [1.807, 2.05) is 0 Å². The van der Waals surface area contributed by atoms with E-state index in [1.54, 1.807) is 0 Å². The monoisotopic (exact) mass is 267 g/mol. The van der Waals surface area contributed by atoms with Crippen molar-refractivity contribution in [1.29, 1.82) is 0 Å². The van der Waals surface area contributed by atoms with Crippen LogP contribution in [-0.4, -0.2) is 17.1 Å². The molecular formula is C10H9ClF3NO2. The molecule has 3 nitrogen and oxygen atoms in total. The minimum Gasteiger partial charge on any atom is -0.481 e. The molecule has 1 aromatic carbocycles. The first-order chi connectivity index (χ1) is 7.82. The molecule has 0 fully saturated rings. The molecule has 1 aromatic rings. The van der Waals surface area contributed by atoms with E-state index in [0.29, 0.717) is 12.1 Å². The lowest BCUT2D eigenvalue weighted by molar-refractivity contribution is -0.137. The molecule has 0 radical (unpaired) electrons. The van der Waals surface area contributed by atoms with Crippen LogP contribution < -0.4 is 5.73 Å². The Balaban J connectivity index is 2.99. The van der Waals surface area contributed by atoms with Crippen LogP contribution in [0.25, 0.3) is 0 Å². The van der Waals surface area contributed by atoms with Gasteiger partial charge in [-0.2, -0.15) is 0 Å². The van der Waals surface area contributed by atoms with Gasteiger partial charge < -0.3 is 10.8 Å². The first-order valence-electron chi connectivity index (χ1n) is 4.58. The third kappa shape index (κ3) is 3.34. The van der Waals surface area contributed by atoms with E-state index in [9.17, 15) is 18.0 Å². The highest BCUT2D eigenvalue weighted by molar-refractivity contribution is 6.21. The molecular weight excluding hydrogens is 259 g/mol. The van der Waals surface area contributed by atoms with Crippen molar-refractivity contribution in [2.75, 3.05) is 0 Å². The van der Waals surface area contributed by atoms with Gasteiger partial charge in [0.1, 0.15) is 5.82 Å². The van der Waals surface area contributed by atoms with Crippen molar-refractivity contribution in [3.8, 4) is 0 Å². The number of benzene rings is 1. The van der Waals surface area contributed by atoms with Crippen LogP contribution >= 0.6 is 11.6 Å². The summed E-state index contributed by atoms with van der Waals surface area (Å²) in [4.78, 5) is 10.4. The van der Waals surface area contributed by atoms with Crippen molar-refractivity contribution in [3.05, 3.63) is 35.1 Å². The summed E-state index contributed by atoms with van der Waals surface area (Å²) in [6.45, 7) is 0.